The number of nitrogens with zero attached hydrogens (tertiary/aromatic N) is 6. The molecule has 4 aromatic rings. The first kappa shape index (κ1) is 14.4. The van der Waals surface area contributed by atoms with Crippen molar-refractivity contribution in [2.75, 3.05) is 10.2 Å². The van der Waals surface area contributed by atoms with Gasteiger partial charge in [0.05, 0.1) is 0 Å². The van der Waals surface area contributed by atoms with Crippen LogP contribution in [0.1, 0.15) is 0 Å². The number of hydrogen-bond acceptors (Lipinski definition) is 1. The van der Waals surface area contributed by atoms with E-state index in [9.17, 15) is 0 Å². The fourth-order valence-electron chi connectivity index (χ4n) is 2.52. The molecule has 0 atom stereocenters. The minimum atomic E-state index is 0.579. The summed E-state index contributed by atoms with van der Waals surface area (Å²) in [7, 11) is 0. The van der Waals surface area contributed by atoms with Crippen LogP contribution in [0.4, 0.5) is 0 Å². The smallest absolute Gasteiger partial charge is 0.247 e. The molecule has 7 heteroatoms. The van der Waals surface area contributed by atoms with Crippen molar-refractivity contribution in [3.8, 4) is 0 Å². The van der Waals surface area contributed by atoms with Crippen LogP contribution in [0.25, 0.3) is 0 Å². The predicted molar refractivity (Wildman–Crippen MR) is 97.6 cm³/mol. The van der Waals surface area contributed by atoms with Crippen LogP contribution in [0.5, 0.6) is 0 Å². The lowest BCUT2D eigenvalue weighted by atomic mass is 10.7. The van der Waals surface area contributed by atoms with E-state index < -0.39 is 0 Å². The standard InChI is InChI=1S/C17H16N6S/c24-17(22(18-9-1-2-10-18)19-11-3-4-12-19)23(20-13-5-6-14-20)21-15-7-8-16-21/h1-16H. The highest BCUT2D eigenvalue weighted by atomic mass is 32.1. The van der Waals surface area contributed by atoms with Crippen molar-refractivity contribution in [3.63, 3.8) is 0 Å². The van der Waals surface area contributed by atoms with E-state index in [-0.39, 0.29) is 0 Å². The van der Waals surface area contributed by atoms with Gasteiger partial charge in [0, 0.05) is 49.6 Å². The molecule has 0 aliphatic rings. The molecule has 4 aromatic heterocycles. The maximum Gasteiger partial charge on any atom is 0.252 e. The second-order valence-corrected chi connectivity index (χ2v) is 5.48. The molecule has 24 heavy (non-hydrogen) atoms. The van der Waals surface area contributed by atoms with E-state index in [1.807, 2.05) is 127 Å². The highest BCUT2D eigenvalue weighted by Gasteiger charge is 2.22. The van der Waals surface area contributed by atoms with Gasteiger partial charge in [-0.25, -0.2) is 18.7 Å². The average molecular weight is 336 g/mol. The Bertz CT molecular complexity index is 732. The van der Waals surface area contributed by atoms with Crippen LogP contribution in [0.2, 0.25) is 0 Å². The monoisotopic (exact) mass is 336 g/mol. The first-order valence-electron chi connectivity index (χ1n) is 7.52. The van der Waals surface area contributed by atoms with Gasteiger partial charge in [-0.1, -0.05) is 0 Å². The lowest BCUT2D eigenvalue weighted by molar-refractivity contribution is 0.572. The van der Waals surface area contributed by atoms with Crippen LogP contribution in [0.3, 0.4) is 0 Å². The van der Waals surface area contributed by atoms with Gasteiger partial charge in [-0.15, -0.1) is 0 Å². The zero-order valence-electron chi connectivity index (χ0n) is 12.8. The topological polar surface area (TPSA) is 26.2 Å². The summed E-state index contributed by atoms with van der Waals surface area (Å²) in [5.74, 6) is 0. The lowest BCUT2D eigenvalue weighted by Crippen LogP contribution is -2.56. The number of aromatic nitrogens is 4. The highest BCUT2D eigenvalue weighted by Crippen LogP contribution is 2.07. The predicted octanol–water partition coefficient (Wildman–Crippen LogP) is 2.68. The Labute approximate surface area is 144 Å². The molecule has 4 rings (SSSR count). The van der Waals surface area contributed by atoms with Gasteiger partial charge < -0.3 is 0 Å². The summed E-state index contributed by atoms with van der Waals surface area (Å²) in [5, 5.41) is 4.37. The summed E-state index contributed by atoms with van der Waals surface area (Å²) < 4.78 is 7.73. The normalized spacial score (nSPS) is 10.7. The van der Waals surface area contributed by atoms with Gasteiger partial charge in [0.15, 0.2) is 0 Å². The Morgan fingerprint density at radius 1 is 0.458 bits per heavy atom. The molecule has 6 nitrogen and oxygen atoms in total. The van der Waals surface area contributed by atoms with Crippen LogP contribution >= 0.6 is 12.2 Å². The van der Waals surface area contributed by atoms with Crippen LogP contribution in [-0.4, -0.2) is 23.8 Å². The third-order valence-electron chi connectivity index (χ3n) is 3.57. The molecule has 0 aliphatic carbocycles. The molecule has 0 saturated carbocycles. The molecule has 0 amide bonds. The molecular formula is C17H16N6S. The Balaban J connectivity index is 1.80. The van der Waals surface area contributed by atoms with Crippen LogP contribution in [-0.2, 0) is 0 Å². The summed E-state index contributed by atoms with van der Waals surface area (Å²) in [4.78, 5) is 0. The molecule has 0 spiro atoms. The Morgan fingerprint density at radius 3 is 0.875 bits per heavy atom. The van der Waals surface area contributed by atoms with E-state index in [1.165, 1.54) is 0 Å². The molecule has 0 saturated heterocycles. The molecule has 120 valence electrons. The van der Waals surface area contributed by atoms with Crippen molar-refractivity contribution >= 4 is 17.3 Å². The number of thiocarbonyl (C=S) groups is 1. The fourth-order valence-corrected chi connectivity index (χ4v) is 2.90. The van der Waals surface area contributed by atoms with E-state index in [0.29, 0.717) is 5.11 Å². The van der Waals surface area contributed by atoms with E-state index in [4.69, 9.17) is 12.2 Å². The average Bonchev–Trinajstić information content (AvgIpc) is 3.38. The highest BCUT2D eigenvalue weighted by molar-refractivity contribution is 7.80. The van der Waals surface area contributed by atoms with E-state index in [0.717, 1.165) is 0 Å². The van der Waals surface area contributed by atoms with Gasteiger partial charge in [0.2, 0.25) is 0 Å². The van der Waals surface area contributed by atoms with Crippen molar-refractivity contribution in [1.82, 2.24) is 18.7 Å². The van der Waals surface area contributed by atoms with Gasteiger partial charge in [-0.3, -0.25) is 0 Å². The van der Waals surface area contributed by atoms with Gasteiger partial charge in [0.1, 0.15) is 0 Å². The first-order valence-corrected chi connectivity index (χ1v) is 7.93. The van der Waals surface area contributed by atoms with Gasteiger partial charge >= 0.3 is 0 Å². The molecule has 0 N–H and O–H groups in total. The van der Waals surface area contributed by atoms with Crippen LogP contribution in [0, 0.1) is 0 Å². The van der Waals surface area contributed by atoms with Crippen molar-refractivity contribution in [3.05, 3.63) is 98.1 Å². The van der Waals surface area contributed by atoms with Gasteiger partial charge in [0.25, 0.3) is 5.11 Å². The minimum absolute atomic E-state index is 0.579. The summed E-state index contributed by atoms with van der Waals surface area (Å²) in [5.41, 5.74) is 0. The first-order chi connectivity index (χ1) is 11.8. The fraction of sp³-hybridized carbons (Fsp3) is 0. The van der Waals surface area contributed by atoms with Crippen LogP contribution in [0.15, 0.2) is 98.1 Å². The second-order valence-electron chi connectivity index (χ2n) is 5.11. The molecule has 0 bridgehead atoms. The molecule has 0 unspecified atom stereocenters. The summed E-state index contributed by atoms with van der Waals surface area (Å²) in [6.45, 7) is 0. The SMILES string of the molecule is S=C(N(n1cccc1)n1cccc1)N(n1cccc1)n1cccc1. The van der Waals surface area contributed by atoms with E-state index in [2.05, 4.69) is 0 Å². The molecule has 0 fully saturated rings. The van der Waals surface area contributed by atoms with E-state index in [1.54, 1.807) is 0 Å². The third kappa shape index (κ3) is 2.50. The molecule has 0 aromatic carbocycles. The molecule has 4 heterocycles. The maximum absolute atomic E-state index is 5.86. The largest absolute Gasteiger partial charge is 0.252 e. The Morgan fingerprint density at radius 2 is 0.667 bits per heavy atom. The molecular weight excluding hydrogens is 320 g/mol. The summed E-state index contributed by atoms with van der Waals surface area (Å²) in [6, 6.07) is 15.7. The molecule has 0 aliphatic heterocycles. The summed E-state index contributed by atoms with van der Waals surface area (Å²) >= 11 is 5.86. The quantitative estimate of drug-likeness (QED) is 0.536. The Hall–Kier alpha value is -3.19. The molecule has 0 radical (unpaired) electrons. The third-order valence-corrected chi connectivity index (χ3v) is 3.90. The number of hydrogen-bond donors (Lipinski definition) is 0. The van der Waals surface area contributed by atoms with Crippen molar-refractivity contribution in [2.24, 2.45) is 0 Å². The van der Waals surface area contributed by atoms with Crippen molar-refractivity contribution in [2.45, 2.75) is 0 Å². The Kier molecular flexibility index (Phi) is 3.68. The minimum Gasteiger partial charge on any atom is -0.247 e. The van der Waals surface area contributed by atoms with Gasteiger partial charge in [-0.2, -0.15) is 10.2 Å². The zero-order chi connectivity index (χ0) is 16.4. The zero-order valence-corrected chi connectivity index (χ0v) is 13.6. The number of rotatable bonds is 4. The van der Waals surface area contributed by atoms with E-state index >= 15 is 0 Å². The van der Waals surface area contributed by atoms with Crippen LogP contribution < -0.4 is 10.2 Å². The summed E-state index contributed by atoms with van der Waals surface area (Å²) in [6.07, 6.45) is 15.6. The van der Waals surface area contributed by atoms with Crippen molar-refractivity contribution < 1.29 is 0 Å². The van der Waals surface area contributed by atoms with Gasteiger partial charge in [-0.05, 0) is 60.7 Å². The van der Waals surface area contributed by atoms with Crippen molar-refractivity contribution in [1.29, 1.82) is 0 Å². The second kappa shape index (κ2) is 6.13. The lowest BCUT2D eigenvalue weighted by Gasteiger charge is -2.34. The maximum atomic E-state index is 5.86.